The number of rotatable bonds is 5. The fourth-order valence-corrected chi connectivity index (χ4v) is 2.33. The second-order valence-electron chi connectivity index (χ2n) is 5.10. The summed E-state index contributed by atoms with van der Waals surface area (Å²) in [7, 11) is 2.94. The summed E-state index contributed by atoms with van der Waals surface area (Å²) in [5.74, 6) is 0.811. The zero-order valence-corrected chi connectivity index (χ0v) is 12.1. The smallest absolute Gasteiger partial charge is 0.360 e. The Balaban J connectivity index is 2.12. The van der Waals surface area contributed by atoms with Crippen molar-refractivity contribution in [3.63, 3.8) is 0 Å². The van der Waals surface area contributed by atoms with E-state index in [0.717, 1.165) is 12.1 Å². The molecule has 0 unspecified atom stereocenters. The maximum absolute atomic E-state index is 11.9. The lowest BCUT2D eigenvalue weighted by Crippen LogP contribution is -2.08. The fourth-order valence-electron chi connectivity index (χ4n) is 2.33. The van der Waals surface area contributed by atoms with Gasteiger partial charge in [-0.2, -0.15) is 0 Å². The van der Waals surface area contributed by atoms with E-state index in [1.165, 1.54) is 20.0 Å². The third kappa shape index (κ3) is 2.61. The molecule has 0 bridgehead atoms. The Labute approximate surface area is 122 Å². The molecule has 2 aromatic rings. The van der Waals surface area contributed by atoms with Gasteiger partial charge in [-0.15, -0.1) is 5.10 Å². The van der Waals surface area contributed by atoms with E-state index < -0.39 is 5.97 Å². The number of carbonyl (C=O) groups excluding carboxylic acids is 1. The lowest BCUT2D eigenvalue weighted by atomic mass is 10.1. The van der Waals surface area contributed by atoms with E-state index in [4.69, 9.17) is 9.47 Å². The normalized spacial score (nSPS) is 14.0. The molecule has 3 rings (SSSR count). The van der Waals surface area contributed by atoms with Crippen molar-refractivity contribution in [2.45, 2.75) is 19.4 Å². The van der Waals surface area contributed by atoms with Crippen LogP contribution in [-0.2, 0) is 11.3 Å². The molecule has 0 atom stereocenters. The zero-order chi connectivity index (χ0) is 14.8. The minimum Gasteiger partial charge on any atom is -0.496 e. The highest BCUT2D eigenvalue weighted by Crippen LogP contribution is 2.35. The molecule has 1 aliphatic rings. The van der Waals surface area contributed by atoms with E-state index in [2.05, 4.69) is 10.3 Å². The highest BCUT2D eigenvalue weighted by atomic mass is 16.5. The van der Waals surface area contributed by atoms with Crippen LogP contribution in [0.3, 0.4) is 0 Å². The third-order valence-corrected chi connectivity index (χ3v) is 3.60. The van der Waals surface area contributed by atoms with Gasteiger partial charge in [0.15, 0.2) is 5.69 Å². The maximum atomic E-state index is 11.9. The Bertz CT molecular complexity index is 662. The van der Waals surface area contributed by atoms with E-state index in [0.29, 0.717) is 17.4 Å². The van der Waals surface area contributed by atoms with Gasteiger partial charge in [-0.05, 0) is 30.9 Å². The molecule has 0 saturated heterocycles. The van der Waals surface area contributed by atoms with Gasteiger partial charge < -0.3 is 9.47 Å². The highest BCUT2D eigenvalue weighted by Gasteiger charge is 2.28. The first kappa shape index (κ1) is 13.6. The Kier molecular flexibility index (Phi) is 3.60. The lowest BCUT2D eigenvalue weighted by Gasteiger charge is -2.11. The van der Waals surface area contributed by atoms with Crippen LogP contribution in [0.5, 0.6) is 5.75 Å². The van der Waals surface area contributed by atoms with E-state index >= 15 is 0 Å². The van der Waals surface area contributed by atoms with E-state index in [-0.39, 0.29) is 5.69 Å². The van der Waals surface area contributed by atoms with E-state index in [1.54, 1.807) is 11.8 Å². The number of nitrogens with zero attached hydrogens (tertiary/aromatic N) is 3. The van der Waals surface area contributed by atoms with Crippen molar-refractivity contribution in [1.82, 2.24) is 15.0 Å². The molecule has 6 nitrogen and oxygen atoms in total. The third-order valence-electron chi connectivity index (χ3n) is 3.60. The maximum Gasteiger partial charge on any atom is 0.360 e. The van der Waals surface area contributed by atoms with E-state index in [9.17, 15) is 4.79 Å². The first-order chi connectivity index (χ1) is 10.2. The van der Waals surface area contributed by atoms with Crippen LogP contribution in [0.25, 0.3) is 11.3 Å². The summed E-state index contributed by atoms with van der Waals surface area (Å²) in [6.07, 6.45) is 2.39. The van der Waals surface area contributed by atoms with Gasteiger partial charge in [0.1, 0.15) is 11.4 Å². The van der Waals surface area contributed by atoms with Gasteiger partial charge in [0.25, 0.3) is 0 Å². The number of hydrogen-bond acceptors (Lipinski definition) is 5. The molecule has 1 aromatic carbocycles. The molecule has 0 radical (unpaired) electrons. The zero-order valence-electron chi connectivity index (χ0n) is 12.1. The quantitative estimate of drug-likeness (QED) is 0.788. The molecule has 21 heavy (non-hydrogen) atoms. The highest BCUT2D eigenvalue weighted by molar-refractivity contribution is 5.94. The molecule has 0 aliphatic heterocycles. The number of esters is 1. The number of para-hydroxylation sites is 1. The molecule has 6 heteroatoms. The van der Waals surface area contributed by atoms with Crippen LogP contribution < -0.4 is 4.74 Å². The van der Waals surface area contributed by atoms with Crippen LogP contribution in [0.2, 0.25) is 0 Å². The molecule has 1 aliphatic carbocycles. The van der Waals surface area contributed by atoms with Crippen molar-refractivity contribution < 1.29 is 14.3 Å². The van der Waals surface area contributed by atoms with Crippen LogP contribution in [0, 0.1) is 5.92 Å². The molecular formula is C15H17N3O3. The minimum atomic E-state index is -0.488. The molecule has 1 fully saturated rings. The van der Waals surface area contributed by atoms with Crippen LogP contribution >= 0.6 is 0 Å². The standard InChI is InChI=1S/C15H17N3O3/c1-20-12-6-4-3-5-11(12)14-13(15(19)21-2)16-17-18(14)9-10-7-8-10/h3-6,10H,7-9H2,1-2H3. The molecule has 0 N–H and O–H groups in total. The SMILES string of the molecule is COC(=O)c1nnn(CC2CC2)c1-c1ccccc1OC. The average molecular weight is 287 g/mol. The topological polar surface area (TPSA) is 66.2 Å². The van der Waals surface area contributed by atoms with Crippen LogP contribution in [0.15, 0.2) is 24.3 Å². The Hall–Kier alpha value is -2.37. The van der Waals surface area contributed by atoms with Crippen LogP contribution in [-0.4, -0.2) is 35.2 Å². The van der Waals surface area contributed by atoms with Gasteiger partial charge >= 0.3 is 5.97 Å². The Morgan fingerprint density at radius 2 is 2.10 bits per heavy atom. The van der Waals surface area contributed by atoms with Gasteiger partial charge in [-0.3, -0.25) is 0 Å². The summed E-state index contributed by atoms with van der Waals surface area (Å²) < 4.78 is 12.0. The van der Waals surface area contributed by atoms with E-state index in [1.807, 2.05) is 24.3 Å². The minimum absolute atomic E-state index is 0.225. The number of aromatic nitrogens is 3. The number of hydrogen-bond donors (Lipinski definition) is 0. The van der Waals surface area contributed by atoms with Gasteiger partial charge in [-0.1, -0.05) is 17.3 Å². The summed E-state index contributed by atoms with van der Waals surface area (Å²) in [5.41, 5.74) is 1.68. The predicted molar refractivity (Wildman–Crippen MR) is 76.1 cm³/mol. The van der Waals surface area contributed by atoms with Gasteiger partial charge in [0.05, 0.1) is 14.2 Å². The Morgan fingerprint density at radius 3 is 2.76 bits per heavy atom. The average Bonchev–Trinajstić information content (AvgIpc) is 3.24. The lowest BCUT2D eigenvalue weighted by molar-refractivity contribution is 0.0595. The first-order valence-electron chi connectivity index (χ1n) is 6.89. The van der Waals surface area contributed by atoms with Gasteiger partial charge in [0, 0.05) is 12.1 Å². The fraction of sp³-hybridized carbons (Fsp3) is 0.400. The first-order valence-corrected chi connectivity index (χ1v) is 6.89. The predicted octanol–water partition coefficient (Wildman–Crippen LogP) is 2.15. The number of carbonyl (C=O) groups is 1. The van der Waals surface area contributed by atoms with Crippen molar-refractivity contribution in [2.75, 3.05) is 14.2 Å². The number of benzene rings is 1. The summed E-state index contributed by atoms with van der Waals surface area (Å²) >= 11 is 0. The largest absolute Gasteiger partial charge is 0.496 e. The molecular weight excluding hydrogens is 270 g/mol. The summed E-state index contributed by atoms with van der Waals surface area (Å²) in [4.78, 5) is 11.9. The number of ether oxygens (including phenoxy) is 2. The molecule has 0 spiro atoms. The monoisotopic (exact) mass is 287 g/mol. The second-order valence-corrected chi connectivity index (χ2v) is 5.10. The van der Waals surface area contributed by atoms with Crippen molar-refractivity contribution >= 4 is 5.97 Å². The van der Waals surface area contributed by atoms with Gasteiger partial charge in [-0.25, -0.2) is 9.48 Å². The number of methoxy groups -OCH3 is 2. The van der Waals surface area contributed by atoms with Crippen molar-refractivity contribution in [2.24, 2.45) is 5.92 Å². The van der Waals surface area contributed by atoms with Crippen LogP contribution in [0.1, 0.15) is 23.3 Å². The molecule has 0 amide bonds. The molecule has 1 saturated carbocycles. The second kappa shape index (κ2) is 5.55. The summed E-state index contributed by atoms with van der Waals surface area (Å²) in [6.45, 7) is 0.761. The summed E-state index contributed by atoms with van der Waals surface area (Å²) in [6, 6.07) is 7.53. The molecule has 1 heterocycles. The molecule has 110 valence electrons. The van der Waals surface area contributed by atoms with Crippen LogP contribution in [0.4, 0.5) is 0 Å². The molecule has 1 aromatic heterocycles. The summed E-state index contributed by atoms with van der Waals surface area (Å²) in [5, 5.41) is 8.13. The van der Waals surface area contributed by atoms with Crippen molar-refractivity contribution in [3.05, 3.63) is 30.0 Å². The van der Waals surface area contributed by atoms with Crippen molar-refractivity contribution in [1.29, 1.82) is 0 Å². The Morgan fingerprint density at radius 1 is 1.33 bits per heavy atom. The van der Waals surface area contributed by atoms with Crippen molar-refractivity contribution in [3.8, 4) is 17.0 Å². The van der Waals surface area contributed by atoms with Gasteiger partial charge in [0.2, 0.25) is 0 Å².